The van der Waals surface area contributed by atoms with Crippen LogP contribution in [0.25, 0.3) is 10.9 Å². The Hall–Kier alpha value is -3.25. The third kappa shape index (κ3) is 5.39. The van der Waals surface area contributed by atoms with Gasteiger partial charge in [-0.3, -0.25) is 14.5 Å². The Morgan fingerprint density at radius 2 is 1.65 bits per heavy atom. The van der Waals surface area contributed by atoms with E-state index in [4.69, 9.17) is 6.42 Å². The number of hydrogen-bond donors (Lipinski definition) is 2. The van der Waals surface area contributed by atoms with Crippen molar-refractivity contribution in [2.24, 2.45) is 34.0 Å². The van der Waals surface area contributed by atoms with Crippen LogP contribution in [-0.2, 0) is 4.79 Å². The molecule has 2 saturated heterocycles. The zero-order valence-corrected chi connectivity index (χ0v) is 30.8. The highest BCUT2D eigenvalue weighted by Crippen LogP contribution is 2.73. The van der Waals surface area contributed by atoms with Crippen LogP contribution in [0.5, 0.6) is 0 Å². The molecule has 10 atom stereocenters. The van der Waals surface area contributed by atoms with Crippen LogP contribution >= 0.6 is 0 Å². The number of nitrogens with zero attached hydrogens (tertiary/aromatic N) is 4. The smallest absolute Gasteiger partial charge is 0.245 e. The van der Waals surface area contributed by atoms with Crippen LogP contribution in [-0.4, -0.2) is 98.1 Å². The molecule has 2 aliphatic heterocycles. The van der Waals surface area contributed by atoms with Gasteiger partial charge in [-0.1, -0.05) is 51.0 Å². The van der Waals surface area contributed by atoms with Gasteiger partial charge in [0.15, 0.2) is 0 Å². The number of allylic oxidation sites excluding steroid dienone is 1. The lowest BCUT2D eigenvalue weighted by molar-refractivity contribution is -0.208. The second kappa shape index (κ2) is 12.7. The van der Waals surface area contributed by atoms with Crippen LogP contribution in [0.15, 0.2) is 48.7 Å². The topological polar surface area (TPSA) is 97.2 Å². The number of aliphatic hydroxyl groups is 2. The number of piperazine rings is 1. The van der Waals surface area contributed by atoms with Gasteiger partial charge in [-0.15, -0.1) is 6.42 Å². The van der Waals surface area contributed by atoms with Gasteiger partial charge in [0.05, 0.1) is 11.6 Å². The van der Waals surface area contributed by atoms with Gasteiger partial charge in [0.2, 0.25) is 11.7 Å². The fourth-order valence-corrected chi connectivity index (χ4v) is 12.4. The van der Waals surface area contributed by atoms with Crippen molar-refractivity contribution in [2.45, 2.75) is 109 Å². The summed E-state index contributed by atoms with van der Waals surface area (Å²) in [5.41, 5.74) is 0.213. The molecule has 6 fully saturated rings. The number of hydrogen-bond acceptors (Lipinski definition) is 7. The molecule has 0 radical (unpaired) electrons. The predicted octanol–water partition coefficient (Wildman–Crippen LogP) is 5.68. The van der Waals surface area contributed by atoms with Crippen LogP contribution in [0.2, 0.25) is 0 Å². The molecule has 8 rings (SSSR count). The van der Waals surface area contributed by atoms with Crippen LogP contribution in [0, 0.1) is 46.3 Å². The fourth-order valence-electron chi connectivity index (χ4n) is 12.4. The summed E-state index contributed by atoms with van der Waals surface area (Å²) in [6, 6.07) is 11.3. The Bertz CT molecular complexity index is 1760. The van der Waals surface area contributed by atoms with Crippen LogP contribution < -0.4 is 0 Å². The largest absolute Gasteiger partial charge is 0.391 e. The number of terminal acetylenes is 1. The number of fused-ring (bicyclic) bond motifs is 6. The minimum absolute atomic E-state index is 0.0826. The van der Waals surface area contributed by atoms with Crippen molar-refractivity contribution in [2.75, 3.05) is 32.7 Å². The quantitative estimate of drug-likeness (QED) is 0.237. The van der Waals surface area contributed by atoms with Crippen molar-refractivity contribution in [3.05, 3.63) is 54.4 Å². The molecule has 0 unspecified atom stereocenters. The molecule has 1 amide bonds. The molecule has 4 saturated carbocycles. The molecule has 51 heavy (non-hydrogen) atoms. The maximum atomic E-state index is 13.9. The molecule has 2 aromatic rings. The highest BCUT2D eigenvalue weighted by Gasteiger charge is 2.69. The number of rotatable bonds is 5. The van der Waals surface area contributed by atoms with Gasteiger partial charge < -0.3 is 20.0 Å². The molecule has 8 heteroatoms. The summed E-state index contributed by atoms with van der Waals surface area (Å²) in [5.74, 6) is 4.28. The van der Waals surface area contributed by atoms with E-state index >= 15 is 0 Å². The summed E-state index contributed by atoms with van der Waals surface area (Å²) < 4.78 is 0. The van der Waals surface area contributed by atoms with E-state index in [2.05, 4.69) is 36.6 Å². The van der Waals surface area contributed by atoms with Crippen molar-refractivity contribution in [1.29, 1.82) is 0 Å². The molecule has 3 heterocycles. The molecule has 4 aliphatic carbocycles. The summed E-state index contributed by atoms with van der Waals surface area (Å²) in [6.45, 7) is 10.9. The Labute approximate surface area is 303 Å². The number of amides is 1. The number of carbonyl (C=O) groups excluding carboxylic acids is 2. The Kier molecular flexibility index (Phi) is 8.67. The van der Waals surface area contributed by atoms with E-state index in [1.54, 1.807) is 18.3 Å². The average Bonchev–Trinajstić information content (AvgIpc) is 3.72. The van der Waals surface area contributed by atoms with Crippen LogP contribution in [0.3, 0.4) is 0 Å². The standard InChI is InChI=1S/C43H56N4O4/c1-5-43(51)18-16-32-31-14-13-30-27-38(49)36(28-42(30,4)40(31,2)19-20-41(32,43)3)46-23-25-47(26-24-46)39(50)35-11-8-21-45(35)22-17-37(48)34-15-12-29-9-6-7-10-33(29)44-34/h1,6-7,9-10,12,15,17,22,30-32,35-36,38,49,51H,8,11,13-14,16,18-21,23-28H2,2-4H3/b22-17+/t30-,31-,32-,35-,36-,38-,40-,41-,42-,43-/m0/s1. The first-order valence-electron chi connectivity index (χ1n) is 19.7. The molecular formula is C43H56N4O4. The number of pyridine rings is 1. The van der Waals surface area contributed by atoms with Crippen molar-refractivity contribution in [3.8, 4) is 12.3 Å². The molecule has 1 aromatic carbocycles. The summed E-state index contributed by atoms with van der Waals surface area (Å²) >= 11 is 0. The van der Waals surface area contributed by atoms with Gasteiger partial charge >= 0.3 is 0 Å². The van der Waals surface area contributed by atoms with Crippen molar-refractivity contribution >= 4 is 22.6 Å². The first-order chi connectivity index (χ1) is 24.4. The molecule has 1 aromatic heterocycles. The Balaban J connectivity index is 0.911. The highest BCUT2D eigenvalue weighted by atomic mass is 16.3. The molecule has 2 N–H and O–H groups in total. The van der Waals surface area contributed by atoms with Crippen LogP contribution in [0.1, 0.15) is 95.5 Å². The SMILES string of the molecule is C#C[C@]1(O)CC[C@H]2[C@@H]3CC[C@H]4C[C@H](O)[C@@H](N5CCN(C(=O)[C@@H]6CCCN6/C=C/C(=O)c6ccc7ccccc7n6)CC5)C[C@]4(C)[C@@]3(C)CC[C@@]21C. The summed E-state index contributed by atoms with van der Waals surface area (Å²) in [7, 11) is 0. The summed E-state index contributed by atoms with van der Waals surface area (Å²) in [4.78, 5) is 38.0. The fraction of sp³-hybridized carbons (Fsp3) is 0.651. The first kappa shape index (κ1) is 34.8. The highest BCUT2D eigenvalue weighted by molar-refractivity contribution is 6.04. The van der Waals surface area contributed by atoms with Gasteiger partial charge in [0, 0.05) is 61.8 Å². The normalized spacial score (nSPS) is 41.3. The number of aliphatic hydroxyl groups excluding tert-OH is 1. The molecular weight excluding hydrogens is 636 g/mol. The third-order valence-corrected chi connectivity index (χ3v) is 15.9. The number of carbonyl (C=O) groups is 2. The predicted molar refractivity (Wildman–Crippen MR) is 198 cm³/mol. The van der Waals surface area contributed by atoms with Gasteiger partial charge in [-0.25, -0.2) is 4.98 Å². The second-order valence-corrected chi connectivity index (χ2v) is 17.7. The second-order valence-electron chi connectivity index (χ2n) is 17.7. The molecule has 6 aliphatic rings. The van der Waals surface area contributed by atoms with E-state index < -0.39 is 5.60 Å². The monoisotopic (exact) mass is 692 g/mol. The maximum Gasteiger partial charge on any atom is 0.245 e. The van der Waals surface area contributed by atoms with Crippen molar-refractivity contribution < 1.29 is 19.8 Å². The van der Waals surface area contributed by atoms with Crippen molar-refractivity contribution in [1.82, 2.24) is 19.7 Å². The van der Waals surface area contributed by atoms with Crippen molar-refractivity contribution in [3.63, 3.8) is 0 Å². The average molecular weight is 693 g/mol. The van der Waals surface area contributed by atoms with E-state index in [9.17, 15) is 19.8 Å². The van der Waals surface area contributed by atoms with Gasteiger partial charge in [0.25, 0.3) is 0 Å². The van der Waals surface area contributed by atoms with Gasteiger partial charge in [0.1, 0.15) is 17.3 Å². The lowest BCUT2D eigenvalue weighted by Crippen LogP contribution is -2.66. The number of likely N-dealkylation sites (tertiary alicyclic amines) is 1. The van der Waals surface area contributed by atoms with E-state index in [-0.39, 0.29) is 46.1 Å². The Morgan fingerprint density at radius 1 is 0.902 bits per heavy atom. The van der Waals surface area contributed by atoms with E-state index in [1.165, 1.54) is 0 Å². The maximum absolute atomic E-state index is 13.9. The lowest BCUT2D eigenvalue weighted by atomic mass is 9.38. The van der Waals surface area contributed by atoms with E-state index in [0.29, 0.717) is 43.0 Å². The zero-order chi connectivity index (χ0) is 35.8. The van der Waals surface area contributed by atoms with E-state index in [1.807, 2.05) is 40.1 Å². The lowest BCUT2D eigenvalue weighted by Gasteiger charge is -2.68. The van der Waals surface area contributed by atoms with Gasteiger partial charge in [-0.05, 0) is 105 Å². The summed E-state index contributed by atoms with van der Waals surface area (Å²) in [6.07, 6.45) is 18.5. The third-order valence-electron chi connectivity index (χ3n) is 15.9. The first-order valence-corrected chi connectivity index (χ1v) is 19.7. The number of para-hydroxylation sites is 1. The molecule has 0 bridgehead atoms. The molecule has 0 spiro atoms. The van der Waals surface area contributed by atoms with E-state index in [0.717, 1.165) is 88.3 Å². The van der Waals surface area contributed by atoms with Gasteiger partial charge in [-0.2, -0.15) is 0 Å². The Morgan fingerprint density at radius 3 is 2.43 bits per heavy atom. The summed E-state index contributed by atoms with van der Waals surface area (Å²) in [5, 5.41) is 24.2. The minimum atomic E-state index is -1.00. The van der Waals surface area contributed by atoms with Crippen LogP contribution in [0.4, 0.5) is 0 Å². The number of benzene rings is 1. The number of aromatic nitrogens is 1. The molecule has 8 nitrogen and oxygen atoms in total. The zero-order valence-electron chi connectivity index (χ0n) is 30.8. The minimum Gasteiger partial charge on any atom is -0.391 e. The molecule has 272 valence electrons. The number of ketones is 1.